The third-order valence-electron chi connectivity index (χ3n) is 4.58. The van der Waals surface area contributed by atoms with E-state index in [4.69, 9.17) is 9.47 Å². The van der Waals surface area contributed by atoms with Gasteiger partial charge in [0.05, 0.1) is 11.4 Å². The molecular weight excluding hydrogens is 334 g/mol. The van der Waals surface area contributed by atoms with Gasteiger partial charge in [0, 0.05) is 29.3 Å². The van der Waals surface area contributed by atoms with Gasteiger partial charge in [-0.3, -0.25) is 9.59 Å². The number of H-pyrrole nitrogens is 1. The fourth-order valence-corrected chi connectivity index (χ4v) is 3.09. The average molecular weight is 355 g/mol. The lowest BCUT2D eigenvalue weighted by Crippen LogP contribution is -2.30. The fraction of sp³-hybridized carbons (Fsp3) is 0.350. The first kappa shape index (κ1) is 17.9. The molecule has 136 valence electrons. The third-order valence-corrected chi connectivity index (χ3v) is 4.58. The van der Waals surface area contributed by atoms with Crippen molar-refractivity contribution in [3.63, 3.8) is 0 Å². The van der Waals surface area contributed by atoms with Crippen LogP contribution >= 0.6 is 0 Å². The zero-order chi connectivity index (χ0) is 18.7. The molecule has 1 aliphatic carbocycles. The maximum atomic E-state index is 12.4. The largest absolute Gasteiger partial charge is 0.459 e. The van der Waals surface area contributed by atoms with Gasteiger partial charge >= 0.3 is 11.9 Å². The lowest BCUT2D eigenvalue weighted by Gasteiger charge is -2.27. The molecule has 2 aromatic rings. The number of ether oxygens (including phenoxy) is 2. The molecule has 0 radical (unpaired) electrons. The summed E-state index contributed by atoms with van der Waals surface area (Å²) >= 11 is 0. The number of fused-ring (bicyclic) bond motifs is 1. The Hall–Kier alpha value is -2.89. The molecule has 1 N–H and O–H groups in total. The number of esters is 2. The minimum Gasteiger partial charge on any atom is -0.459 e. The number of carbonyl (C=O) groups excluding carboxylic acids is 2. The number of carbonyl (C=O) groups is 2. The van der Waals surface area contributed by atoms with Gasteiger partial charge in [-0.25, -0.2) is 4.79 Å². The van der Waals surface area contributed by atoms with Crippen molar-refractivity contribution >= 4 is 22.8 Å². The lowest BCUT2D eigenvalue weighted by atomic mass is 9.87. The summed E-state index contributed by atoms with van der Waals surface area (Å²) in [7, 11) is 0. The van der Waals surface area contributed by atoms with Crippen LogP contribution in [0.5, 0.6) is 5.75 Å². The maximum absolute atomic E-state index is 12.4. The normalized spacial score (nSPS) is 19.7. The standard InChI is InChI=1S/C20H21NO5/c1-12(2)19(23)25-14-5-3-13(4-6-14)20(24)26-15-7-8-16-17(11-15)21-10-9-18(16)22/h7-11,13-14H,1,3-6H2,2H3,(H,21,22). The van der Waals surface area contributed by atoms with Crippen LogP contribution < -0.4 is 10.2 Å². The summed E-state index contributed by atoms with van der Waals surface area (Å²) in [6.45, 7) is 5.18. The van der Waals surface area contributed by atoms with Crippen LogP contribution in [0.1, 0.15) is 32.6 Å². The first-order valence-electron chi connectivity index (χ1n) is 8.63. The van der Waals surface area contributed by atoms with Crippen molar-refractivity contribution in [2.45, 2.75) is 38.7 Å². The summed E-state index contributed by atoms with van der Waals surface area (Å²) in [5, 5.41) is 0.548. The van der Waals surface area contributed by atoms with Gasteiger partial charge < -0.3 is 14.5 Å². The van der Waals surface area contributed by atoms with Gasteiger partial charge in [0.25, 0.3) is 0 Å². The number of hydrogen-bond acceptors (Lipinski definition) is 5. The van der Waals surface area contributed by atoms with Crippen LogP contribution in [0, 0.1) is 5.92 Å². The molecule has 1 aromatic heterocycles. The number of hydrogen-bond donors (Lipinski definition) is 1. The quantitative estimate of drug-likeness (QED) is 0.517. The Morgan fingerprint density at radius 3 is 2.58 bits per heavy atom. The number of benzene rings is 1. The minimum atomic E-state index is -0.388. The minimum absolute atomic E-state index is 0.0840. The smallest absolute Gasteiger partial charge is 0.333 e. The molecular formula is C20H21NO5. The van der Waals surface area contributed by atoms with E-state index in [9.17, 15) is 14.4 Å². The molecule has 0 aliphatic heterocycles. The molecule has 0 spiro atoms. The molecule has 6 heteroatoms. The van der Waals surface area contributed by atoms with E-state index < -0.39 is 0 Å². The SMILES string of the molecule is C=C(C)C(=O)OC1CCC(C(=O)Oc2ccc3c(=O)cc[nH]c3c2)CC1. The van der Waals surface area contributed by atoms with Crippen LogP contribution in [-0.2, 0) is 14.3 Å². The van der Waals surface area contributed by atoms with E-state index >= 15 is 0 Å². The van der Waals surface area contributed by atoms with E-state index in [2.05, 4.69) is 11.6 Å². The van der Waals surface area contributed by atoms with Crippen LogP contribution in [0.2, 0.25) is 0 Å². The van der Waals surface area contributed by atoms with Gasteiger partial charge in [-0.15, -0.1) is 0 Å². The Morgan fingerprint density at radius 2 is 1.88 bits per heavy atom. The number of rotatable bonds is 4. The molecule has 26 heavy (non-hydrogen) atoms. The van der Waals surface area contributed by atoms with Crippen molar-refractivity contribution in [1.29, 1.82) is 0 Å². The van der Waals surface area contributed by atoms with Crippen molar-refractivity contribution in [3.05, 3.63) is 52.8 Å². The van der Waals surface area contributed by atoms with E-state index in [-0.39, 0.29) is 29.4 Å². The highest BCUT2D eigenvalue weighted by atomic mass is 16.5. The van der Waals surface area contributed by atoms with E-state index in [1.165, 1.54) is 6.07 Å². The monoisotopic (exact) mass is 355 g/mol. The zero-order valence-corrected chi connectivity index (χ0v) is 14.6. The second kappa shape index (κ2) is 7.56. The Labute approximate surface area is 150 Å². The number of pyridine rings is 1. The highest BCUT2D eigenvalue weighted by molar-refractivity contribution is 5.87. The van der Waals surface area contributed by atoms with Gasteiger partial charge in [-0.1, -0.05) is 6.58 Å². The van der Waals surface area contributed by atoms with Crippen molar-refractivity contribution < 1.29 is 19.1 Å². The van der Waals surface area contributed by atoms with Gasteiger partial charge in [0.1, 0.15) is 11.9 Å². The molecule has 6 nitrogen and oxygen atoms in total. The summed E-state index contributed by atoms with van der Waals surface area (Å²) in [5.74, 6) is -0.506. The van der Waals surface area contributed by atoms with Crippen molar-refractivity contribution in [1.82, 2.24) is 4.98 Å². The Morgan fingerprint density at radius 1 is 1.15 bits per heavy atom. The maximum Gasteiger partial charge on any atom is 0.333 e. The zero-order valence-electron chi connectivity index (χ0n) is 14.6. The van der Waals surface area contributed by atoms with Crippen molar-refractivity contribution in [2.24, 2.45) is 5.92 Å². The topological polar surface area (TPSA) is 85.5 Å². The Balaban J connectivity index is 1.58. The summed E-state index contributed by atoms with van der Waals surface area (Å²) in [5.41, 5.74) is 0.915. The molecule has 0 unspecified atom stereocenters. The Bertz CT molecular complexity index is 906. The molecule has 3 rings (SSSR count). The molecule has 1 aromatic carbocycles. The van der Waals surface area contributed by atoms with Gasteiger partial charge in [0.2, 0.25) is 0 Å². The van der Waals surface area contributed by atoms with Crippen LogP contribution in [0.3, 0.4) is 0 Å². The van der Waals surface area contributed by atoms with Crippen LogP contribution in [0.4, 0.5) is 0 Å². The lowest BCUT2D eigenvalue weighted by molar-refractivity contribution is -0.148. The van der Waals surface area contributed by atoms with Crippen LogP contribution in [0.15, 0.2) is 47.4 Å². The first-order valence-corrected chi connectivity index (χ1v) is 8.63. The molecule has 1 heterocycles. The average Bonchev–Trinajstić information content (AvgIpc) is 2.62. The molecule has 0 saturated heterocycles. The summed E-state index contributed by atoms with van der Waals surface area (Å²) in [6, 6.07) is 6.36. The van der Waals surface area contributed by atoms with Crippen LogP contribution in [0.25, 0.3) is 10.9 Å². The summed E-state index contributed by atoms with van der Waals surface area (Å²) in [4.78, 5) is 38.7. The van der Waals surface area contributed by atoms with Crippen molar-refractivity contribution in [2.75, 3.05) is 0 Å². The van der Waals surface area contributed by atoms with E-state index in [1.807, 2.05) is 0 Å². The predicted molar refractivity (Wildman–Crippen MR) is 96.9 cm³/mol. The Kier molecular flexibility index (Phi) is 5.21. The number of aromatic nitrogens is 1. The van der Waals surface area contributed by atoms with E-state index in [1.54, 1.807) is 31.3 Å². The number of nitrogens with one attached hydrogen (secondary N) is 1. The second-order valence-electron chi connectivity index (χ2n) is 6.63. The van der Waals surface area contributed by atoms with E-state index in [0.29, 0.717) is 47.9 Å². The molecule has 1 saturated carbocycles. The van der Waals surface area contributed by atoms with Crippen LogP contribution in [-0.4, -0.2) is 23.0 Å². The predicted octanol–water partition coefficient (Wildman–Crippen LogP) is 3.11. The number of aromatic amines is 1. The first-order chi connectivity index (χ1) is 12.4. The van der Waals surface area contributed by atoms with Gasteiger partial charge in [0.15, 0.2) is 5.43 Å². The summed E-state index contributed by atoms with van der Waals surface area (Å²) < 4.78 is 10.8. The molecule has 1 aliphatic rings. The van der Waals surface area contributed by atoms with Gasteiger partial charge in [-0.2, -0.15) is 0 Å². The van der Waals surface area contributed by atoms with Gasteiger partial charge in [-0.05, 0) is 44.7 Å². The molecule has 1 fully saturated rings. The molecule has 0 amide bonds. The second-order valence-corrected chi connectivity index (χ2v) is 6.63. The molecule has 0 atom stereocenters. The van der Waals surface area contributed by atoms with E-state index in [0.717, 1.165) is 0 Å². The highest BCUT2D eigenvalue weighted by Crippen LogP contribution is 2.28. The van der Waals surface area contributed by atoms with Crippen molar-refractivity contribution in [3.8, 4) is 5.75 Å². The fourth-order valence-electron chi connectivity index (χ4n) is 3.09. The highest BCUT2D eigenvalue weighted by Gasteiger charge is 2.29. The summed E-state index contributed by atoms with van der Waals surface area (Å²) in [6.07, 6.45) is 3.86. The third kappa shape index (κ3) is 4.02. The molecule has 0 bridgehead atoms.